The molecule has 1 atom stereocenters. The number of imidazole rings is 1. The number of ether oxygens (including phenoxy) is 1. The summed E-state index contributed by atoms with van der Waals surface area (Å²) in [5, 5.41) is 12.0. The quantitative estimate of drug-likeness (QED) is 0.242. The molecule has 0 radical (unpaired) electrons. The average molecular weight is 519 g/mol. The zero-order valence-electron chi connectivity index (χ0n) is 20.7. The van der Waals surface area contributed by atoms with E-state index in [2.05, 4.69) is 25.1 Å². The van der Waals surface area contributed by atoms with Crippen LogP contribution in [0.25, 0.3) is 11.2 Å². The van der Waals surface area contributed by atoms with Crippen molar-refractivity contribution in [2.24, 2.45) is 9.98 Å². The molecule has 3 aromatic rings. The number of aliphatic imine (C=N–C) groups is 2. The Hall–Kier alpha value is -5.08. The number of nitrogens with zero attached hydrogens (tertiary/aromatic N) is 7. The number of carbonyl (C=O) groups excluding carboxylic acids is 2. The van der Waals surface area contributed by atoms with Gasteiger partial charge in [0.2, 0.25) is 6.19 Å². The van der Waals surface area contributed by atoms with Gasteiger partial charge in [-0.05, 0) is 17.7 Å². The minimum Gasteiger partial charge on any atom is -0.378 e. The van der Waals surface area contributed by atoms with Gasteiger partial charge in [-0.3, -0.25) is 24.3 Å². The number of pyridine rings is 1. The van der Waals surface area contributed by atoms with E-state index in [1.807, 2.05) is 48.8 Å². The first kappa shape index (κ1) is 23.1. The Morgan fingerprint density at radius 2 is 1.95 bits per heavy atom. The molecule has 0 spiro atoms. The lowest BCUT2D eigenvalue weighted by molar-refractivity contribution is -0.123. The Balaban J connectivity index is 1.36. The summed E-state index contributed by atoms with van der Waals surface area (Å²) in [6.07, 6.45) is 9.50. The van der Waals surface area contributed by atoms with Crippen molar-refractivity contribution in [2.45, 2.75) is 12.5 Å². The van der Waals surface area contributed by atoms with Crippen LogP contribution in [0.1, 0.15) is 16.8 Å². The summed E-state index contributed by atoms with van der Waals surface area (Å²) in [5.41, 5.74) is 4.65. The van der Waals surface area contributed by atoms with Gasteiger partial charge in [0.15, 0.2) is 0 Å². The van der Waals surface area contributed by atoms with Crippen molar-refractivity contribution in [2.75, 3.05) is 31.2 Å². The first-order valence-corrected chi connectivity index (χ1v) is 12.6. The van der Waals surface area contributed by atoms with Crippen LogP contribution in [0.2, 0.25) is 0 Å². The van der Waals surface area contributed by atoms with Crippen molar-refractivity contribution in [3.63, 3.8) is 0 Å². The van der Waals surface area contributed by atoms with E-state index < -0.39 is 11.8 Å². The molecular formula is C28H22N8O3. The normalized spacial score (nSPS) is 20.7. The predicted molar refractivity (Wildman–Crippen MR) is 143 cm³/mol. The van der Waals surface area contributed by atoms with Gasteiger partial charge in [-0.15, -0.1) is 0 Å². The predicted octanol–water partition coefficient (Wildman–Crippen LogP) is 1.66. The lowest BCUT2D eigenvalue weighted by Crippen LogP contribution is -2.50. The molecule has 11 nitrogen and oxygen atoms in total. The molecule has 0 aliphatic carbocycles. The molecule has 2 aromatic heterocycles. The molecule has 1 N–H and O–H groups in total. The molecule has 6 heterocycles. The fourth-order valence-corrected chi connectivity index (χ4v) is 5.80. The van der Waals surface area contributed by atoms with E-state index in [0.717, 1.165) is 16.8 Å². The van der Waals surface area contributed by atoms with Crippen molar-refractivity contribution < 1.29 is 14.3 Å². The topological polar surface area (TPSA) is 128 Å². The molecule has 0 bridgehead atoms. The number of para-hydroxylation sites is 1. The van der Waals surface area contributed by atoms with Crippen LogP contribution in [-0.2, 0) is 20.7 Å². The van der Waals surface area contributed by atoms with Gasteiger partial charge in [0, 0.05) is 43.7 Å². The number of hydrogen-bond acceptors (Lipinski definition) is 8. The van der Waals surface area contributed by atoms with Gasteiger partial charge < -0.3 is 14.5 Å². The van der Waals surface area contributed by atoms with E-state index in [4.69, 9.17) is 9.73 Å². The first-order valence-electron chi connectivity index (χ1n) is 12.6. The van der Waals surface area contributed by atoms with Gasteiger partial charge in [0.25, 0.3) is 11.8 Å². The lowest BCUT2D eigenvalue weighted by atomic mass is 9.94. The summed E-state index contributed by atoms with van der Waals surface area (Å²) in [4.78, 5) is 43.9. The molecule has 1 unspecified atom stereocenters. The van der Waals surface area contributed by atoms with Crippen LogP contribution >= 0.6 is 0 Å². The van der Waals surface area contributed by atoms with E-state index in [1.54, 1.807) is 23.0 Å². The van der Waals surface area contributed by atoms with E-state index in [0.29, 0.717) is 55.6 Å². The highest BCUT2D eigenvalue weighted by molar-refractivity contribution is 6.47. The van der Waals surface area contributed by atoms with Crippen LogP contribution in [0.5, 0.6) is 0 Å². The Morgan fingerprint density at radius 3 is 2.79 bits per heavy atom. The molecule has 4 aliphatic rings. The van der Waals surface area contributed by atoms with E-state index in [9.17, 15) is 14.9 Å². The Labute approximate surface area is 223 Å². The highest BCUT2D eigenvalue weighted by atomic mass is 16.5. The number of amides is 2. The standard InChI is InChI=1S/C28H22N8O3/c29-16-32-26(34-10-12-39-13-11-34)19-14-17-4-3-5-18-24(30-7-9-36(19)25(17)18)23-22(27(37)33-28(23)38)20-15-31-21-6-1-2-8-35(20)21/h1-9,15,19H,10-14H2,(H,33,37,38)/b32-26-. The maximum atomic E-state index is 13.3. The van der Waals surface area contributed by atoms with Crippen molar-refractivity contribution in [1.82, 2.24) is 19.6 Å². The van der Waals surface area contributed by atoms with Crippen LogP contribution in [0.15, 0.2) is 76.7 Å². The molecule has 11 heteroatoms. The molecule has 192 valence electrons. The van der Waals surface area contributed by atoms with E-state index >= 15 is 0 Å². The van der Waals surface area contributed by atoms with Crippen LogP contribution in [0.3, 0.4) is 0 Å². The summed E-state index contributed by atoms with van der Waals surface area (Å²) < 4.78 is 7.29. The molecule has 39 heavy (non-hydrogen) atoms. The number of imide groups is 1. The molecular weight excluding hydrogens is 496 g/mol. The second kappa shape index (κ2) is 9.04. The Kier molecular flexibility index (Phi) is 5.35. The van der Waals surface area contributed by atoms with E-state index in [-0.39, 0.29) is 17.2 Å². The third-order valence-electron chi connectivity index (χ3n) is 7.45. The second-order valence-electron chi connectivity index (χ2n) is 9.49. The van der Waals surface area contributed by atoms with Gasteiger partial charge in [0.1, 0.15) is 11.5 Å². The van der Waals surface area contributed by atoms with Gasteiger partial charge in [0.05, 0.1) is 53.7 Å². The van der Waals surface area contributed by atoms with Crippen molar-refractivity contribution in [1.29, 1.82) is 5.26 Å². The number of nitrogens with one attached hydrogen (secondary N) is 1. The average Bonchev–Trinajstić information content (AvgIpc) is 3.58. The Morgan fingerprint density at radius 1 is 1.10 bits per heavy atom. The van der Waals surface area contributed by atoms with Gasteiger partial charge >= 0.3 is 0 Å². The number of nitriles is 1. The number of hydrogen-bond donors (Lipinski definition) is 1. The molecule has 1 saturated heterocycles. The smallest absolute Gasteiger partial charge is 0.261 e. The number of anilines is 1. The zero-order valence-corrected chi connectivity index (χ0v) is 20.7. The van der Waals surface area contributed by atoms with E-state index in [1.165, 1.54) is 0 Å². The highest BCUT2D eigenvalue weighted by Crippen LogP contribution is 2.40. The molecule has 1 aromatic carbocycles. The van der Waals surface area contributed by atoms with Crippen LogP contribution in [0.4, 0.5) is 5.69 Å². The number of rotatable bonds is 3. The summed E-state index contributed by atoms with van der Waals surface area (Å²) in [6, 6.07) is 11.2. The first-order chi connectivity index (χ1) is 19.2. The lowest BCUT2D eigenvalue weighted by Gasteiger charge is -2.35. The minimum atomic E-state index is -0.506. The van der Waals surface area contributed by atoms with Crippen molar-refractivity contribution >= 4 is 40.3 Å². The largest absolute Gasteiger partial charge is 0.378 e. The van der Waals surface area contributed by atoms with Gasteiger partial charge in [-0.25, -0.2) is 4.98 Å². The molecule has 4 aliphatic heterocycles. The van der Waals surface area contributed by atoms with Crippen LogP contribution in [0, 0.1) is 11.5 Å². The minimum absolute atomic E-state index is 0.202. The third-order valence-corrected chi connectivity index (χ3v) is 7.45. The summed E-state index contributed by atoms with van der Waals surface area (Å²) >= 11 is 0. The van der Waals surface area contributed by atoms with Crippen molar-refractivity contribution in [3.8, 4) is 6.19 Å². The maximum Gasteiger partial charge on any atom is 0.261 e. The van der Waals surface area contributed by atoms with Gasteiger partial charge in [-0.1, -0.05) is 24.3 Å². The number of benzene rings is 1. The van der Waals surface area contributed by atoms with Crippen LogP contribution in [-0.4, -0.2) is 70.0 Å². The number of aromatic nitrogens is 2. The fraction of sp³-hybridized carbons (Fsp3) is 0.214. The number of carbonyl (C=O) groups is 2. The number of amidine groups is 1. The van der Waals surface area contributed by atoms with Crippen LogP contribution < -0.4 is 10.2 Å². The maximum absolute atomic E-state index is 13.3. The molecule has 2 amide bonds. The summed E-state index contributed by atoms with van der Waals surface area (Å²) in [7, 11) is 0. The molecule has 7 rings (SSSR count). The number of fused-ring (bicyclic) bond motifs is 1. The second-order valence-corrected chi connectivity index (χ2v) is 9.49. The summed E-state index contributed by atoms with van der Waals surface area (Å²) in [6.45, 7) is 2.44. The van der Waals surface area contributed by atoms with Gasteiger partial charge in [-0.2, -0.15) is 10.3 Å². The summed E-state index contributed by atoms with van der Waals surface area (Å²) in [5.74, 6) is -0.321. The highest BCUT2D eigenvalue weighted by Gasteiger charge is 2.41. The fourth-order valence-electron chi connectivity index (χ4n) is 5.80. The third kappa shape index (κ3) is 3.57. The van der Waals surface area contributed by atoms with Crippen molar-refractivity contribution in [3.05, 3.63) is 83.6 Å². The molecule has 0 saturated carbocycles. The Bertz CT molecular complexity index is 1720. The monoisotopic (exact) mass is 518 g/mol. The zero-order chi connectivity index (χ0) is 26.5. The number of morpholine rings is 1. The SMILES string of the molecule is N#C/N=C(/C1Cc2cccc3c2N1C=CN=C3C1=C(c2cnc3ccccn23)C(=O)NC1=O)N1CCOCC1. The molecule has 1 fully saturated rings.